The van der Waals surface area contributed by atoms with Gasteiger partial charge in [-0.2, -0.15) is 0 Å². The number of aliphatic carboxylic acids is 1. The summed E-state index contributed by atoms with van der Waals surface area (Å²) >= 11 is 0. The maximum absolute atomic E-state index is 11.5. The van der Waals surface area contributed by atoms with E-state index in [0.29, 0.717) is 13.2 Å². The van der Waals surface area contributed by atoms with E-state index in [-0.39, 0.29) is 19.2 Å². The van der Waals surface area contributed by atoms with Crippen LogP contribution in [0.1, 0.15) is 20.8 Å². The molecule has 0 atom stereocenters. The van der Waals surface area contributed by atoms with E-state index in [2.05, 4.69) is 9.80 Å². The number of carboxylic acids is 1. The zero-order chi connectivity index (χ0) is 18.0. The number of hydrogen-bond acceptors (Lipinski definition) is 7. The van der Waals surface area contributed by atoms with Gasteiger partial charge in [0.2, 0.25) is 0 Å². The van der Waals surface area contributed by atoms with Gasteiger partial charge in [0, 0.05) is 39.3 Å². The summed E-state index contributed by atoms with van der Waals surface area (Å²) in [5, 5.41) is 8.49. The van der Waals surface area contributed by atoms with E-state index in [1.807, 2.05) is 20.8 Å². The Morgan fingerprint density at radius 2 is 1.38 bits per heavy atom. The third-order valence-electron chi connectivity index (χ3n) is 3.43. The molecule has 0 unspecified atom stereocenters. The van der Waals surface area contributed by atoms with Crippen LogP contribution in [0.15, 0.2) is 0 Å². The highest BCUT2D eigenvalue weighted by molar-refractivity contribution is 5.71. The fraction of sp³-hybridized carbons (Fsp3) is 0.875. The van der Waals surface area contributed by atoms with E-state index < -0.39 is 11.6 Å². The summed E-state index contributed by atoms with van der Waals surface area (Å²) in [6.45, 7) is 11.4. The van der Waals surface area contributed by atoms with Crippen LogP contribution < -0.4 is 0 Å². The smallest absolute Gasteiger partial charge is 0.332 e. The third kappa shape index (κ3) is 10.5. The lowest BCUT2D eigenvalue weighted by Crippen LogP contribution is -2.48. The summed E-state index contributed by atoms with van der Waals surface area (Å²) in [7, 11) is 0. The molecular weight excluding hydrogens is 316 g/mol. The van der Waals surface area contributed by atoms with Crippen molar-refractivity contribution in [1.82, 2.24) is 9.80 Å². The molecule has 0 aromatic carbocycles. The van der Waals surface area contributed by atoms with Crippen molar-refractivity contribution >= 4 is 11.9 Å². The van der Waals surface area contributed by atoms with Crippen molar-refractivity contribution in [3.63, 3.8) is 0 Å². The van der Waals surface area contributed by atoms with Gasteiger partial charge in [-0.15, -0.1) is 0 Å². The maximum Gasteiger partial charge on any atom is 0.332 e. The second-order valence-corrected chi connectivity index (χ2v) is 6.77. The normalized spacial score (nSPS) is 17.0. The number of carboxylic acid groups (broad SMARTS) is 1. The minimum Gasteiger partial charge on any atom is -0.480 e. The van der Waals surface area contributed by atoms with Crippen molar-refractivity contribution in [3.8, 4) is 0 Å². The van der Waals surface area contributed by atoms with Crippen LogP contribution in [0, 0.1) is 0 Å². The van der Waals surface area contributed by atoms with Gasteiger partial charge >= 0.3 is 11.9 Å². The lowest BCUT2D eigenvalue weighted by molar-refractivity contribution is -0.160. The largest absolute Gasteiger partial charge is 0.480 e. The molecule has 8 heteroatoms. The number of piperazine rings is 1. The Balaban J connectivity index is 2.02. The summed E-state index contributed by atoms with van der Waals surface area (Å²) in [5.41, 5.74) is -0.481. The number of carbonyl (C=O) groups excluding carboxylic acids is 1. The second kappa shape index (κ2) is 10.6. The Morgan fingerprint density at radius 3 is 1.79 bits per heavy atom. The molecule has 1 heterocycles. The molecule has 1 aliphatic rings. The molecule has 1 saturated heterocycles. The first kappa shape index (κ1) is 20.8. The van der Waals surface area contributed by atoms with Crippen molar-refractivity contribution in [1.29, 1.82) is 0 Å². The van der Waals surface area contributed by atoms with Gasteiger partial charge in [-0.3, -0.25) is 9.80 Å². The second-order valence-electron chi connectivity index (χ2n) is 6.77. The monoisotopic (exact) mass is 346 g/mol. The van der Waals surface area contributed by atoms with Crippen LogP contribution >= 0.6 is 0 Å². The Labute approximate surface area is 143 Å². The van der Waals surface area contributed by atoms with Crippen LogP contribution in [0.3, 0.4) is 0 Å². The highest BCUT2D eigenvalue weighted by atomic mass is 16.6. The van der Waals surface area contributed by atoms with E-state index in [0.717, 1.165) is 39.3 Å². The molecule has 1 aliphatic heterocycles. The summed E-state index contributed by atoms with van der Waals surface area (Å²) in [4.78, 5) is 26.4. The first-order valence-electron chi connectivity index (χ1n) is 8.30. The molecule has 24 heavy (non-hydrogen) atoms. The number of carbonyl (C=O) groups is 2. The molecule has 0 bridgehead atoms. The van der Waals surface area contributed by atoms with Crippen LogP contribution in [0.5, 0.6) is 0 Å². The molecule has 0 aromatic rings. The average molecular weight is 346 g/mol. The highest BCUT2D eigenvalue weighted by Crippen LogP contribution is 2.07. The van der Waals surface area contributed by atoms with E-state index in [1.54, 1.807) is 0 Å². The SMILES string of the molecule is CC(C)(C)OC(=O)COCCN1CCN(CCOCC(=O)O)CC1. The molecule has 0 saturated carbocycles. The Morgan fingerprint density at radius 1 is 0.917 bits per heavy atom. The number of esters is 1. The van der Waals surface area contributed by atoms with Crippen molar-refractivity contribution < 1.29 is 28.9 Å². The fourth-order valence-corrected chi connectivity index (χ4v) is 2.31. The van der Waals surface area contributed by atoms with Gasteiger partial charge in [-0.05, 0) is 20.8 Å². The fourth-order valence-electron chi connectivity index (χ4n) is 2.31. The molecular formula is C16H30N2O6. The molecule has 0 radical (unpaired) electrons. The third-order valence-corrected chi connectivity index (χ3v) is 3.43. The van der Waals surface area contributed by atoms with Crippen LogP contribution in [0.2, 0.25) is 0 Å². The van der Waals surface area contributed by atoms with Crippen molar-refractivity contribution in [3.05, 3.63) is 0 Å². The predicted octanol–water partition coefficient (Wildman–Crippen LogP) is 0.0635. The van der Waals surface area contributed by atoms with Crippen molar-refractivity contribution in [2.75, 3.05) is 65.7 Å². The van der Waals surface area contributed by atoms with Crippen molar-refractivity contribution in [2.45, 2.75) is 26.4 Å². The predicted molar refractivity (Wildman–Crippen MR) is 88.0 cm³/mol. The van der Waals surface area contributed by atoms with Crippen LogP contribution in [0.4, 0.5) is 0 Å². The summed E-state index contributed by atoms with van der Waals surface area (Å²) in [6.07, 6.45) is 0. The van der Waals surface area contributed by atoms with Crippen LogP contribution in [-0.4, -0.2) is 98.1 Å². The van der Waals surface area contributed by atoms with E-state index in [1.165, 1.54) is 0 Å². The standard InChI is InChI=1S/C16H30N2O6/c1-16(2,3)24-15(21)13-23-11-9-18-6-4-17(5-7-18)8-10-22-12-14(19)20/h4-13H2,1-3H3,(H,19,20). The molecule has 0 aromatic heterocycles. The zero-order valence-corrected chi connectivity index (χ0v) is 15.0. The highest BCUT2D eigenvalue weighted by Gasteiger charge is 2.18. The number of hydrogen-bond donors (Lipinski definition) is 1. The molecule has 0 aliphatic carbocycles. The zero-order valence-electron chi connectivity index (χ0n) is 15.0. The topological polar surface area (TPSA) is 88.5 Å². The summed E-state index contributed by atoms with van der Waals surface area (Å²) in [6, 6.07) is 0. The molecule has 8 nitrogen and oxygen atoms in total. The molecule has 1 N–H and O–H groups in total. The quantitative estimate of drug-likeness (QED) is 0.439. The van der Waals surface area contributed by atoms with Crippen LogP contribution in [-0.2, 0) is 23.8 Å². The van der Waals surface area contributed by atoms with E-state index in [9.17, 15) is 9.59 Å². The van der Waals surface area contributed by atoms with Crippen LogP contribution in [0.25, 0.3) is 0 Å². The Bertz CT molecular complexity index is 389. The first-order valence-corrected chi connectivity index (χ1v) is 8.30. The van der Waals surface area contributed by atoms with Gasteiger partial charge in [0.05, 0.1) is 13.2 Å². The lowest BCUT2D eigenvalue weighted by atomic mass is 10.2. The number of rotatable bonds is 10. The molecule has 1 rings (SSSR count). The first-order chi connectivity index (χ1) is 11.3. The maximum atomic E-state index is 11.5. The summed E-state index contributed by atoms with van der Waals surface area (Å²) < 4.78 is 15.6. The number of nitrogens with zero attached hydrogens (tertiary/aromatic N) is 2. The minimum absolute atomic E-state index is 0.0157. The van der Waals surface area contributed by atoms with Gasteiger partial charge < -0.3 is 19.3 Å². The Hall–Kier alpha value is -1.22. The lowest BCUT2D eigenvalue weighted by Gasteiger charge is -2.34. The number of ether oxygens (including phenoxy) is 3. The minimum atomic E-state index is -0.939. The van der Waals surface area contributed by atoms with E-state index >= 15 is 0 Å². The molecule has 1 fully saturated rings. The molecule has 0 spiro atoms. The van der Waals surface area contributed by atoms with Gasteiger partial charge in [-0.25, -0.2) is 9.59 Å². The molecule has 140 valence electrons. The van der Waals surface area contributed by atoms with Crippen molar-refractivity contribution in [2.24, 2.45) is 0 Å². The van der Waals surface area contributed by atoms with Gasteiger partial charge in [-0.1, -0.05) is 0 Å². The van der Waals surface area contributed by atoms with Gasteiger partial charge in [0.25, 0.3) is 0 Å². The van der Waals surface area contributed by atoms with E-state index in [4.69, 9.17) is 19.3 Å². The average Bonchev–Trinajstić information content (AvgIpc) is 2.47. The summed E-state index contributed by atoms with van der Waals surface area (Å²) in [5.74, 6) is -1.28. The van der Waals surface area contributed by atoms with Gasteiger partial charge in [0.15, 0.2) is 0 Å². The molecule has 0 amide bonds. The van der Waals surface area contributed by atoms with Gasteiger partial charge in [0.1, 0.15) is 18.8 Å². The Kier molecular flexibility index (Phi) is 9.20.